The maximum Gasteiger partial charge on any atom is 0.0113 e. The van der Waals surface area contributed by atoms with E-state index < -0.39 is 0 Å². The molecule has 1 nitrogen and oxygen atoms in total. The minimum atomic E-state index is 0.375. The molecule has 0 aromatic rings. The van der Waals surface area contributed by atoms with Crippen molar-refractivity contribution < 1.29 is 0 Å². The van der Waals surface area contributed by atoms with Crippen LogP contribution in [0.15, 0.2) is 0 Å². The first-order valence-electron chi connectivity index (χ1n) is 5.24. The molecule has 0 aliphatic rings. The van der Waals surface area contributed by atoms with Crippen LogP contribution in [0.4, 0.5) is 0 Å². The summed E-state index contributed by atoms with van der Waals surface area (Å²) >= 11 is 0. The smallest absolute Gasteiger partial charge is 0.0113 e. The SMILES string of the molecule is CC(N(C)CC(C)(C)C)C(C)(C)C. The lowest BCUT2D eigenvalue weighted by Gasteiger charge is -2.38. The Labute approximate surface area is 84.5 Å². The molecule has 0 aromatic carbocycles. The third-order valence-corrected chi connectivity index (χ3v) is 2.64. The lowest BCUT2D eigenvalue weighted by Crippen LogP contribution is -2.43. The number of hydrogen-bond acceptors (Lipinski definition) is 1. The lowest BCUT2D eigenvalue weighted by atomic mass is 9.85. The van der Waals surface area contributed by atoms with Gasteiger partial charge in [0.2, 0.25) is 0 Å². The molecule has 13 heavy (non-hydrogen) atoms. The summed E-state index contributed by atoms with van der Waals surface area (Å²) in [6, 6.07) is 0.631. The second kappa shape index (κ2) is 4.00. The summed E-state index contributed by atoms with van der Waals surface area (Å²) in [6.45, 7) is 17.2. The molecule has 0 aromatic heterocycles. The van der Waals surface area contributed by atoms with Gasteiger partial charge in [-0.3, -0.25) is 0 Å². The van der Waals surface area contributed by atoms with E-state index in [0.29, 0.717) is 16.9 Å². The number of rotatable bonds is 2. The molecule has 1 heteroatoms. The first kappa shape index (κ1) is 13.0. The number of hydrogen-bond donors (Lipinski definition) is 0. The van der Waals surface area contributed by atoms with Crippen LogP contribution >= 0.6 is 0 Å². The third kappa shape index (κ3) is 5.30. The zero-order valence-corrected chi connectivity index (χ0v) is 10.7. The van der Waals surface area contributed by atoms with Gasteiger partial charge < -0.3 is 4.90 Å². The summed E-state index contributed by atoms with van der Waals surface area (Å²) in [5, 5.41) is 0. The Morgan fingerprint density at radius 2 is 1.38 bits per heavy atom. The van der Waals surface area contributed by atoms with E-state index in [9.17, 15) is 0 Å². The molecule has 0 bridgehead atoms. The van der Waals surface area contributed by atoms with Crippen molar-refractivity contribution in [3.8, 4) is 0 Å². The van der Waals surface area contributed by atoms with Crippen LogP contribution in [-0.2, 0) is 0 Å². The largest absolute Gasteiger partial charge is 0.303 e. The van der Waals surface area contributed by atoms with Crippen molar-refractivity contribution in [2.24, 2.45) is 10.8 Å². The Morgan fingerprint density at radius 1 is 1.00 bits per heavy atom. The Bertz CT molecular complexity index is 147. The van der Waals surface area contributed by atoms with Gasteiger partial charge in [-0.2, -0.15) is 0 Å². The monoisotopic (exact) mass is 185 g/mol. The summed E-state index contributed by atoms with van der Waals surface area (Å²) < 4.78 is 0. The van der Waals surface area contributed by atoms with E-state index in [0.717, 1.165) is 6.54 Å². The molecule has 80 valence electrons. The van der Waals surface area contributed by atoms with E-state index in [1.807, 2.05) is 0 Å². The zero-order valence-electron chi connectivity index (χ0n) is 10.7. The third-order valence-electron chi connectivity index (χ3n) is 2.64. The number of nitrogens with zero attached hydrogens (tertiary/aromatic N) is 1. The average Bonchev–Trinajstić information content (AvgIpc) is 1.79. The summed E-state index contributed by atoms with van der Waals surface area (Å²) in [7, 11) is 2.22. The fourth-order valence-corrected chi connectivity index (χ4v) is 1.55. The highest BCUT2D eigenvalue weighted by atomic mass is 15.1. The van der Waals surface area contributed by atoms with E-state index in [2.05, 4.69) is 60.4 Å². The van der Waals surface area contributed by atoms with Crippen molar-refractivity contribution in [2.75, 3.05) is 13.6 Å². The molecule has 0 radical (unpaired) electrons. The van der Waals surface area contributed by atoms with Gasteiger partial charge in [0.25, 0.3) is 0 Å². The fourth-order valence-electron chi connectivity index (χ4n) is 1.55. The van der Waals surface area contributed by atoms with Crippen molar-refractivity contribution in [2.45, 2.75) is 54.5 Å². The van der Waals surface area contributed by atoms with Gasteiger partial charge in [-0.05, 0) is 24.8 Å². The molecule has 0 saturated heterocycles. The molecule has 0 rings (SSSR count). The van der Waals surface area contributed by atoms with E-state index in [-0.39, 0.29) is 0 Å². The normalized spacial score (nSPS) is 16.4. The Balaban J connectivity index is 4.20. The predicted molar refractivity (Wildman–Crippen MR) is 61.0 cm³/mol. The first-order valence-corrected chi connectivity index (χ1v) is 5.24. The highest BCUT2D eigenvalue weighted by Crippen LogP contribution is 2.25. The molecule has 0 heterocycles. The van der Waals surface area contributed by atoms with Gasteiger partial charge in [0.15, 0.2) is 0 Å². The standard InChI is InChI=1S/C12H27N/c1-10(12(5,6)7)13(8)9-11(2,3)4/h10H,9H2,1-8H3. The highest BCUT2D eigenvalue weighted by molar-refractivity contribution is 4.79. The average molecular weight is 185 g/mol. The summed E-state index contributed by atoms with van der Waals surface area (Å²) in [5.74, 6) is 0. The van der Waals surface area contributed by atoms with Crippen LogP contribution in [0.1, 0.15) is 48.5 Å². The fraction of sp³-hybridized carbons (Fsp3) is 1.00. The van der Waals surface area contributed by atoms with Crippen molar-refractivity contribution in [1.29, 1.82) is 0 Å². The molecule has 0 amide bonds. The highest BCUT2D eigenvalue weighted by Gasteiger charge is 2.26. The zero-order chi connectivity index (χ0) is 10.9. The maximum absolute atomic E-state index is 2.46. The predicted octanol–water partition coefficient (Wildman–Crippen LogP) is 3.40. The van der Waals surface area contributed by atoms with Crippen LogP contribution in [-0.4, -0.2) is 24.5 Å². The van der Waals surface area contributed by atoms with Gasteiger partial charge in [-0.25, -0.2) is 0 Å². The molecule has 1 atom stereocenters. The first-order chi connectivity index (χ1) is 5.54. The minimum absolute atomic E-state index is 0.375. The van der Waals surface area contributed by atoms with Gasteiger partial charge in [0, 0.05) is 12.6 Å². The second-order valence-corrected chi connectivity index (χ2v) is 6.52. The lowest BCUT2D eigenvalue weighted by molar-refractivity contribution is 0.105. The molecular formula is C12H27N. The summed E-state index contributed by atoms with van der Waals surface area (Å²) in [5.41, 5.74) is 0.772. The van der Waals surface area contributed by atoms with Gasteiger partial charge >= 0.3 is 0 Å². The van der Waals surface area contributed by atoms with E-state index >= 15 is 0 Å². The Kier molecular flexibility index (Phi) is 3.98. The van der Waals surface area contributed by atoms with Crippen LogP contribution in [0, 0.1) is 10.8 Å². The van der Waals surface area contributed by atoms with E-state index in [1.54, 1.807) is 0 Å². The maximum atomic E-state index is 2.46. The Hall–Kier alpha value is -0.0400. The van der Waals surface area contributed by atoms with Crippen LogP contribution in [0.25, 0.3) is 0 Å². The molecule has 0 aliphatic heterocycles. The van der Waals surface area contributed by atoms with Gasteiger partial charge in [-0.1, -0.05) is 41.5 Å². The quantitative estimate of drug-likeness (QED) is 0.637. The van der Waals surface area contributed by atoms with Crippen molar-refractivity contribution >= 4 is 0 Å². The summed E-state index contributed by atoms with van der Waals surface area (Å²) in [4.78, 5) is 2.46. The van der Waals surface area contributed by atoms with Crippen LogP contribution in [0.2, 0.25) is 0 Å². The molecule has 0 N–H and O–H groups in total. The molecule has 1 unspecified atom stereocenters. The molecule has 0 fully saturated rings. The van der Waals surface area contributed by atoms with Gasteiger partial charge in [0.1, 0.15) is 0 Å². The van der Waals surface area contributed by atoms with Crippen molar-refractivity contribution in [3.63, 3.8) is 0 Å². The van der Waals surface area contributed by atoms with E-state index in [4.69, 9.17) is 0 Å². The van der Waals surface area contributed by atoms with E-state index in [1.165, 1.54) is 0 Å². The topological polar surface area (TPSA) is 3.24 Å². The second-order valence-electron chi connectivity index (χ2n) is 6.52. The molecular weight excluding hydrogens is 158 g/mol. The molecule has 0 spiro atoms. The Morgan fingerprint density at radius 3 is 1.62 bits per heavy atom. The van der Waals surface area contributed by atoms with Crippen molar-refractivity contribution in [3.05, 3.63) is 0 Å². The van der Waals surface area contributed by atoms with Gasteiger partial charge in [-0.15, -0.1) is 0 Å². The van der Waals surface area contributed by atoms with Crippen LogP contribution in [0.3, 0.4) is 0 Å². The summed E-state index contributed by atoms with van der Waals surface area (Å²) in [6.07, 6.45) is 0. The van der Waals surface area contributed by atoms with Gasteiger partial charge in [0.05, 0.1) is 0 Å². The molecule has 0 saturated carbocycles. The molecule has 0 aliphatic carbocycles. The van der Waals surface area contributed by atoms with Crippen molar-refractivity contribution in [1.82, 2.24) is 4.90 Å². The van der Waals surface area contributed by atoms with Crippen LogP contribution < -0.4 is 0 Å². The van der Waals surface area contributed by atoms with Crippen LogP contribution in [0.5, 0.6) is 0 Å². The minimum Gasteiger partial charge on any atom is -0.303 e.